The van der Waals surface area contributed by atoms with Gasteiger partial charge in [-0.15, -0.1) is 0 Å². The average Bonchev–Trinajstić information content (AvgIpc) is 2.92. The molecule has 1 saturated heterocycles. The van der Waals surface area contributed by atoms with Crippen LogP contribution in [0.5, 0.6) is 0 Å². The van der Waals surface area contributed by atoms with Gasteiger partial charge in [-0.2, -0.15) is 0 Å². The quantitative estimate of drug-likeness (QED) is 0.173. The zero-order chi connectivity index (χ0) is 26.9. The first kappa shape index (κ1) is 26.2. The van der Waals surface area contributed by atoms with Crippen molar-refractivity contribution in [1.82, 2.24) is 0 Å². The van der Waals surface area contributed by atoms with E-state index in [4.69, 9.17) is 0 Å². The molecule has 0 saturated carbocycles. The lowest BCUT2D eigenvalue weighted by Crippen LogP contribution is -2.55. The Balaban J connectivity index is 1.42. The van der Waals surface area contributed by atoms with E-state index in [0.29, 0.717) is 5.92 Å². The minimum atomic E-state index is -2.28. The number of anilines is 1. The Hall–Kier alpha value is -3.42. The van der Waals surface area contributed by atoms with Crippen molar-refractivity contribution in [3.8, 4) is 11.1 Å². The van der Waals surface area contributed by atoms with E-state index < -0.39 is 7.14 Å². The van der Waals surface area contributed by atoms with E-state index in [9.17, 15) is 9.36 Å². The third-order valence-electron chi connectivity index (χ3n) is 7.94. The molecule has 0 spiro atoms. The highest BCUT2D eigenvalue weighted by Crippen LogP contribution is 2.47. The number of carbonyl (C=O) groups is 1. The maximum atomic E-state index is 13.5. The Morgan fingerprint density at radius 2 is 1.42 bits per heavy atom. The molecule has 5 rings (SSSR count). The number of benzene rings is 4. The van der Waals surface area contributed by atoms with Gasteiger partial charge in [0, 0.05) is 11.0 Å². The fourth-order valence-electron chi connectivity index (χ4n) is 5.64. The Morgan fingerprint density at radius 3 is 2.03 bits per heavy atom. The van der Waals surface area contributed by atoms with E-state index >= 15 is 0 Å². The van der Waals surface area contributed by atoms with Gasteiger partial charge in [0.25, 0.3) is 0 Å². The zero-order valence-electron chi connectivity index (χ0n) is 22.7. The Kier molecular flexibility index (Phi) is 7.41. The van der Waals surface area contributed by atoms with Crippen molar-refractivity contribution >= 4 is 24.0 Å². The summed E-state index contributed by atoms with van der Waals surface area (Å²) < 4.78 is 12.4. The van der Waals surface area contributed by atoms with Crippen LogP contribution in [0.25, 0.3) is 11.1 Å². The highest BCUT2D eigenvalue weighted by molar-refractivity contribution is 7.70. The van der Waals surface area contributed by atoms with Crippen LogP contribution in [0, 0.1) is 12.8 Å². The third kappa shape index (κ3) is 5.26. The summed E-state index contributed by atoms with van der Waals surface area (Å²) in [5.74, 6) is 0.584. The first-order valence-electron chi connectivity index (χ1n) is 13.4. The molecule has 4 aromatic carbocycles. The molecule has 0 N–H and O–H groups in total. The molecule has 4 heteroatoms. The van der Waals surface area contributed by atoms with E-state index in [2.05, 4.69) is 68.4 Å². The van der Waals surface area contributed by atoms with E-state index in [1.165, 1.54) is 16.7 Å². The number of nitrogens with zero attached hydrogens (tertiary/aromatic N) is 1. The van der Waals surface area contributed by atoms with Crippen LogP contribution in [-0.4, -0.2) is 19.2 Å². The summed E-state index contributed by atoms with van der Waals surface area (Å²) in [4.78, 5) is 15.5. The molecule has 0 radical (unpaired) electrons. The summed E-state index contributed by atoms with van der Waals surface area (Å²) in [6.07, 6.45) is 1.83. The topological polar surface area (TPSA) is 37.4 Å². The van der Waals surface area contributed by atoms with E-state index in [0.717, 1.165) is 35.0 Å². The molecule has 3 atom stereocenters. The van der Waals surface area contributed by atoms with Gasteiger partial charge in [-0.25, -0.2) is 0 Å². The normalized spacial score (nSPS) is 18.2. The summed E-state index contributed by atoms with van der Waals surface area (Å²) in [6.45, 7) is 8.01. The smallest absolute Gasteiger partial charge is 0.233 e. The van der Waals surface area contributed by atoms with E-state index in [1.54, 1.807) is 13.3 Å². The van der Waals surface area contributed by atoms with Crippen molar-refractivity contribution in [1.29, 1.82) is 0 Å². The van der Waals surface area contributed by atoms with Crippen molar-refractivity contribution in [2.75, 3.05) is 18.2 Å². The molecular weight excluding hydrogens is 485 g/mol. The number of para-hydroxylation sites is 1. The van der Waals surface area contributed by atoms with Crippen molar-refractivity contribution < 1.29 is 9.36 Å². The molecule has 4 aromatic rings. The van der Waals surface area contributed by atoms with Crippen LogP contribution in [-0.2, 0) is 9.36 Å². The minimum Gasteiger partial charge on any atom is -0.319 e. The number of aryl methyl sites for hydroxylation is 1. The summed E-state index contributed by atoms with van der Waals surface area (Å²) in [5.41, 5.74) is 6.91. The van der Waals surface area contributed by atoms with Crippen molar-refractivity contribution in [2.24, 2.45) is 5.92 Å². The van der Waals surface area contributed by atoms with Gasteiger partial charge in [-0.05, 0) is 79.0 Å². The number of β-lactam (4-membered cyclic amide) rings is 1. The number of carbonyl (C=O) groups excluding carboxylic acids is 1. The van der Waals surface area contributed by atoms with Crippen LogP contribution in [0.1, 0.15) is 48.4 Å². The Labute approximate surface area is 226 Å². The first-order chi connectivity index (χ1) is 18.2. The predicted octanol–water partition coefficient (Wildman–Crippen LogP) is 8.20. The standard InChI is InChI=1S/C34H36NO2P/c1-24(26-11-7-5-8-12-26)15-21-32-33(35(34(32)36)29-13-9-6-10-14-29)31-22-18-28(23-25(31)2)27-16-19-30(20-17-27)38(3,4)37/h5-14,16-20,22-24,32-33H,15,21H2,1-4H3. The molecule has 0 aliphatic carbocycles. The number of rotatable bonds is 8. The lowest BCUT2D eigenvalue weighted by molar-refractivity contribution is -0.130. The van der Waals surface area contributed by atoms with E-state index in [1.807, 2.05) is 53.4 Å². The lowest BCUT2D eigenvalue weighted by atomic mass is 9.76. The SMILES string of the molecule is Cc1cc(-c2ccc(P(C)(C)=O)cc2)ccc1C1C(CCC(C)c2ccccc2)C(=O)N1c1ccccc1. The highest BCUT2D eigenvalue weighted by Gasteiger charge is 2.48. The van der Waals surface area contributed by atoms with Crippen LogP contribution in [0.2, 0.25) is 0 Å². The van der Waals surface area contributed by atoms with E-state index in [-0.39, 0.29) is 17.9 Å². The fraction of sp³-hybridized carbons (Fsp3) is 0.265. The molecular formula is C34H36NO2P. The molecule has 1 fully saturated rings. The third-order valence-corrected chi connectivity index (χ3v) is 9.48. The van der Waals surface area contributed by atoms with Gasteiger partial charge < -0.3 is 9.46 Å². The Morgan fingerprint density at radius 1 is 0.816 bits per heavy atom. The number of hydrogen-bond donors (Lipinski definition) is 0. The highest BCUT2D eigenvalue weighted by atomic mass is 31.2. The second-order valence-corrected chi connectivity index (χ2v) is 14.2. The van der Waals surface area contributed by atoms with Gasteiger partial charge in [0.2, 0.25) is 5.91 Å². The molecule has 1 aliphatic rings. The van der Waals surface area contributed by atoms with Gasteiger partial charge in [0.15, 0.2) is 0 Å². The minimum absolute atomic E-state index is 0.0235. The van der Waals surface area contributed by atoms with Crippen molar-refractivity contribution in [2.45, 2.75) is 38.6 Å². The second kappa shape index (κ2) is 10.8. The first-order valence-corrected chi connectivity index (χ1v) is 16.0. The van der Waals surface area contributed by atoms with Crippen LogP contribution in [0.3, 0.4) is 0 Å². The van der Waals surface area contributed by atoms with Crippen LogP contribution >= 0.6 is 7.14 Å². The summed E-state index contributed by atoms with van der Waals surface area (Å²) >= 11 is 0. The molecule has 1 heterocycles. The average molecular weight is 522 g/mol. The van der Waals surface area contributed by atoms with Crippen LogP contribution < -0.4 is 10.2 Å². The van der Waals surface area contributed by atoms with Crippen LogP contribution in [0.15, 0.2) is 103 Å². The largest absolute Gasteiger partial charge is 0.319 e. The molecule has 3 nitrogen and oxygen atoms in total. The molecule has 1 aliphatic heterocycles. The summed E-state index contributed by atoms with van der Waals surface area (Å²) in [7, 11) is -2.28. The Bertz CT molecular complexity index is 1460. The van der Waals surface area contributed by atoms with Crippen molar-refractivity contribution in [3.05, 3.63) is 120 Å². The molecule has 0 bridgehead atoms. The number of hydrogen-bond acceptors (Lipinski definition) is 2. The van der Waals surface area contributed by atoms with Gasteiger partial charge >= 0.3 is 0 Å². The zero-order valence-corrected chi connectivity index (χ0v) is 23.6. The second-order valence-electron chi connectivity index (χ2n) is 11.0. The maximum absolute atomic E-state index is 13.5. The van der Waals surface area contributed by atoms with Crippen LogP contribution in [0.4, 0.5) is 5.69 Å². The summed E-state index contributed by atoms with van der Waals surface area (Å²) in [5, 5.41) is 0.897. The molecule has 0 aromatic heterocycles. The molecule has 1 amide bonds. The summed E-state index contributed by atoms with van der Waals surface area (Å²) in [6, 6.07) is 35.3. The number of amides is 1. The van der Waals surface area contributed by atoms with Crippen molar-refractivity contribution in [3.63, 3.8) is 0 Å². The van der Waals surface area contributed by atoms with Gasteiger partial charge in [-0.1, -0.05) is 97.9 Å². The fourth-order valence-corrected chi connectivity index (χ4v) is 6.51. The lowest BCUT2D eigenvalue weighted by Gasteiger charge is -2.48. The van der Waals surface area contributed by atoms with Gasteiger partial charge in [0.1, 0.15) is 7.14 Å². The maximum Gasteiger partial charge on any atom is 0.233 e. The monoisotopic (exact) mass is 521 g/mol. The molecule has 38 heavy (non-hydrogen) atoms. The molecule has 3 unspecified atom stereocenters. The molecule has 194 valence electrons. The predicted molar refractivity (Wildman–Crippen MR) is 160 cm³/mol. The van der Waals surface area contributed by atoms with Gasteiger partial charge in [-0.3, -0.25) is 4.79 Å². The van der Waals surface area contributed by atoms with Gasteiger partial charge in [0.05, 0.1) is 12.0 Å².